The van der Waals surface area contributed by atoms with Crippen molar-refractivity contribution in [3.63, 3.8) is 0 Å². The zero-order valence-electron chi connectivity index (χ0n) is 10.7. The third-order valence-electron chi connectivity index (χ3n) is 2.87. The molecular weight excluding hydrogens is 232 g/mol. The Balaban J connectivity index is 2.29. The molecule has 0 radical (unpaired) electrons. The second kappa shape index (κ2) is 5.18. The Bertz CT molecular complexity index is 562. The number of ether oxygens (including phenoxy) is 1. The largest absolute Gasteiger partial charge is 0.469 e. The normalized spacial score (nSPS) is 12.6. The second-order valence-electron chi connectivity index (χ2n) is 4.08. The van der Waals surface area contributed by atoms with Gasteiger partial charge in [-0.2, -0.15) is 0 Å². The first-order chi connectivity index (χ1) is 8.63. The average Bonchev–Trinajstić information content (AvgIpc) is 2.74. The van der Waals surface area contributed by atoms with E-state index in [9.17, 15) is 4.79 Å². The van der Waals surface area contributed by atoms with Crippen LogP contribution in [0.5, 0.6) is 0 Å². The summed E-state index contributed by atoms with van der Waals surface area (Å²) in [4.78, 5) is 15.6. The monoisotopic (exact) mass is 248 g/mol. The highest BCUT2D eigenvalue weighted by Crippen LogP contribution is 2.23. The Morgan fingerprint density at radius 2 is 2.33 bits per heavy atom. The molecule has 1 unspecified atom stereocenters. The van der Waals surface area contributed by atoms with Gasteiger partial charge in [0.15, 0.2) is 11.5 Å². The maximum atomic E-state index is 11.3. The van der Waals surface area contributed by atoms with Gasteiger partial charge in [0, 0.05) is 13.0 Å². The van der Waals surface area contributed by atoms with Crippen LogP contribution in [-0.4, -0.2) is 25.1 Å². The van der Waals surface area contributed by atoms with E-state index in [0.717, 1.165) is 16.7 Å². The molecule has 1 atom stereocenters. The fourth-order valence-electron chi connectivity index (χ4n) is 1.91. The highest BCUT2D eigenvalue weighted by molar-refractivity contribution is 5.74. The van der Waals surface area contributed by atoms with Crippen molar-refractivity contribution >= 4 is 17.1 Å². The number of nitrogens with zero attached hydrogens (tertiary/aromatic N) is 1. The highest BCUT2D eigenvalue weighted by atomic mass is 16.5. The molecule has 1 aromatic carbocycles. The lowest BCUT2D eigenvalue weighted by Crippen LogP contribution is -2.20. The van der Waals surface area contributed by atoms with Crippen LogP contribution in [0.25, 0.3) is 11.1 Å². The van der Waals surface area contributed by atoms with E-state index in [-0.39, 0.29) is 18.4 Å². The summed E-state index contributed by atoms with van der Waals surface area (Å²) < 4.78 is 10.2. The number of aryl methyl sites for hydroxylation is 1. The van der Waals surface area contributed by atoms with Gasteiger partial charge in [0.1, 0.15) is 5.52 Å². The molecule has 5 nitrogen and oxygen atoms in total. The Morgan fingerprint density at radius 3 is 3.00 bits per heavy atom. The molecule has 0 aliphatic carbocycles. The van der Waals surface area contributed by atoms with Crippen LogP contribution in [-0.2, 0) is 9.53 Å². The van der Waals surface area contributed by atoms with Crippen molar-refractivity contribution in [2.45, 2.75) is 19.4 Å². The molecule has 1 N–H and O–H groups in total. The first-order valence-corrected chi connectivity index (χ1v) is 5.75. The number of hydrogen-bond acceptors (Lipinski definition) is 5. The number of fused-ring (bicyclic) bond motifs is 1. The number of aromatic nitrogens is 1. The number of rotatable bonds is 4. The van der Waals surface area contributed by atoms with E-state index in [1.165, 1.54) is 7.11 Å². The highest BCUT2D eigenvalue weighted by Gasteiger charge is 2.15. The number of methoxy groups -OCH3 is 1. The van der Waals surface area contributed by atoms with Crippen molar-refractivity contribution in [1.29, 1.82) is 0 Å². The van der Waals surface area contributed by atoms with Gasteiger partial charge in [-0.3, -0.25) is 4.79 Å². The topological polar surface area (TPSA) is 64.4 Å². The summed E-state index contributed by atoms with van der Waals surface area (Å²) in [7, 11) is 3.20. The Hall–Kier alpha value is -1.88. The third kappa shape index (κ3) is 2.51. The predicted molar refractivity (Wildman–Crippen MR) is 67.2 cm³/mol. The molecule has 2 aromatic rings. The SMILES string of the molecule is CNC(CC(=O)OC)c1ccc2nc(C)oc2c1. The summed E-state index contributed by atoms with van der Waals surface area (Å²) in [6, 6.07) is 5.64. The zero-order chi connectivity index (χ0) is 13.1. The summed E-state index contributed by atoms with van der Waals surface area (Å²) in [5.41, 5.74) is 2.53. The summed E-state index contributed by atoms with van der Waals surface area (Å²) in [5.74, 6) is 0.388. The van der Waals surface area contributed by atoms with E-state index in [1.807, 2.05) is 32.2 Å². The van der Waals surface area contributed by atoms with Gasteiger partial charge in [0.25, 0.3) is 0 Å². The molecule has 1 heterocycles. The third-order valence-corrected chi connectivity index (χ3v) is 2.87. The fourth-order valence-corrected chi connectivity index (χ4v) is 1.91. The Morgan fingerprint density at radius 1 is 1.56 bits per heavy atom. The number of esters is 1. The van der Waals surface area contributed by atoms with Crippen LogP contribution in [0.3, 0.4) is 0 Å². The first kappa shape index (κ1) is 12.6. The smallest absolute Gasteiger partial charge is 0.307 e. The number of benzene rings is 1. The number of oxazole rings is 1. The minimum absolute atomic E-state index is 0.0905. The van der Waals surface area contributed by atoms with E-state index < -0.39 is 0 Å². The second-order valence-corrected chi connectivity index (χ2v) is 4.08. The van der Waals surface area contributed by atoms with Crippen molar-refractivity contribution < 1.29 is 13.9 Å². The van der Waals surface area contributed by atoms with Gasteiger partial charge in [-0.05, 0) is 24.7 Å². The molecule has 0 bridgehead atoms. The molecular formula is C13H16N2O3. The molecule has 2 rings (SSSR count). The van der Waals surface area contributed by atoms with Gasteiger partial charge in [0.05, 0.1) is 13.5 Å². The van der Waals surface area contributed by atoms with Gasteiger partial charge in [-0.25, -0.2) is 4.98 Å². The zero-order valence-corrected chi connectivity index (χ0v) is 10.7. The minimum Gasteiger partial charge on any atom is -0.469 e. The molecule has 96 valence electrons. The van der Waals surface area contributed by atoms with Crippen molar-refractivity contribution in [1.82, 2.24) is 10.3 Å². The van der Waals surface area contributed by atoms with Crippen LogP contribution in [0.2, 0.25) is 0 Å². The lowest BCUT2D eigenvalue weighted by atomic mass is 10.0. The van der Waals surface area contributed by atoms with Crippen molar-refractivity contribution in [3.8, 4) is 0 Å². The molecule has 1 aromatic heterocycles. The first-order valence-electron chi connectivity index (χ1n) is 5.75. The average molecular weight is 248 g/mol. The van der Waals surface area contributed by atoms with Crippen molar-refractivity contribution in [2.75, 3.05) is 14.2 Å². The molecule has 0 fully saturated rings. The maximum absolute atomic E-state index is 11.3. The summed E-state index contributed by atoms with van der Waals surface area (Å²) in [5, 5.41) is 3.09. The van der Waals surface area contributed by atoms with E-state index >= 15 is 0 Å². The van der Waals surface area contributed by atoms with Crippen LogP contribution in [0, 0.1) is 6.92 Å². The molecule has 0 saturated carbocycles. The van der Waals surface area contributed by atoms with Crippen LogP contribution >= 0.6 is 0 Å². The summed E-state index contributed by atoms with van der Waals surface area (Å²) in [6.07, 6.45) is 0.283. The summed E-state index contributed by atoms with van der Waals surface area (Å²) in [6.45, 7) is 1.81. The number of carbonyl (C=O) groups is 1. The van der Waals surface area contributed by atoms with E-state index in [1.54, 1.807) is 0 Å². The van der Waals surface area contributed by atoms with Crippen LogP contribution < -0.4 is 5.32 Å². The summed E-state index contributed by atoms with van der Waals surface area (Å²) >= 11 is 0. The molecule has 5 heteroatoms. The van der Waals surface area contributed by atoms with Crippen LogP contribution in [0.15, 0.2) is 22.6 Å². The molecule has 0 spiro atoms. The molecule has 0 aliphatic heterocycles. The molecule has 0 saturated heterocycles. The Kier molecular flexibility index (Phi) is 3.62. The number of hydrogen-bond donors (Lipinski definition) is 1. The molecule has 0 amide bonds. The van der Waals surface area contributed by atoms with Crippen molar-refractivity contribution in [3.05, 3.63) is 29.7 Å². The lowest BCUT2D eigenvalue weighted by Gasteiger charge is -2.14. The Labute approximate surface area is 105 Å². The number of carbonyl (C=O) groups excluding carboxylic acids is 1. The van der Waals surface area contributed by atoms with Gasteiger partial charge < -0.3 is 14.5 Å². The minimum atomic E-state index is -0.247. The predicted octanol–water partition coefficient (Wildman–Crippen LogP) is 1.96. The fraction of sp³-hybridized carbons (Fsp3) is 0.385. The van der Waals surface area contributed by atoms with Crippen molar-refractivity contribution in [2.24, 2.45) is 0 Å². The van der Waals surface area contributed by atoms with Crippen LogP contribution in [0.4, 0.5) is 0 Å². The molecule has 18 heavy (non-hydrogen) atoms. The maximum Gasteiger partial charge on any atom is 0.307 e. The van der Waals surface area contributed by atoms with Gasteiger partial charge in [-0.15, -0.1) is 0 Å². The van der Waals surface area contributed by atoms with E-state index in [2.05, 4.69) is 15.0 Å². The van der Waals surface area contributed by atoms with Gasteiger partial charge in [0.2, 0.25) is 0 Å². The van der Waals surface area contributed by atoms with Crippen LogP contribution in [0.1, 0.15) is 23.9 Å². The lowest BCUT2D eigenvalue weighted by molar-refractivity contribution is -0.141. The standard InChI is InChI=1S/C13H16N2O3/c1-8-15-10-5-4-9(6-12(10)18-8)11(14-2)7-13(16)17-3/h4-6,11,14H,7H2,1-3H3. The van der Waals surface area contributed by atoms with Gasteiger partial charge >= 0.3 is 5.97 Å². The number of nitrogens with one attached hydrogen (secondary N) is 1. The van der Waals surface area contributed by atoms with E-state index in [0.29, 0.717) is 5.89 Å². The van der Waals surface area contributed by atoms with E-state index in [4.69, 9.17) is 4.42 Å². The quantitative estimate of drug-likeness (QED) is 0.838. The molecule has 0 aliphatic rings. The van der Waals surface area contributed by atoms with Gasteiger partial charge in [-0.1, -0.05) is 6.07 Å².